The maximum absolute atomic E-state index is 11.6. The summed E-state index contributed by atoms with van der Waals surface area (Å²) in [5.74, 6) is -1.23. The van der Waals surface area contributed by atoms with Crippen molar-refractivity contribution in [2.75, 3.05) is 12.4 Å². The molecule has 0 saturated carbocycles. The van der Waals surface area contributed by atoms with Gasteiger partial charge >= 0.3 is 11.8 Å². The van der Waals surface area contributed by atoms with Gasteiger partial charge in [-0.1, -0.05) is 0 Å². The van der Waals surface area contributed by atoms with Crippen molar-refractivity contribution >= 4 is 29.5 Å². The zero-order valence-electron chi connectivity index (χ0n) is 13.3. The third kappa shape index (κ3) is 7.55. The van der Waals surface area contributed by atoms with E-state index in [-0.39, 0.29) is 11.8 Å². The van der Waals surface area contributed by atoms with Crippen molar-refractivity contribution < 1.29 is 19.1 Å². The molecular formula is C15H21N3O4S. The third-order valence-electron chi connectivity index (χ3n) is 2.45. The number of nitrogens with one attached hydrogen (secondary N) is 3. The molecule has 1 aromatic carbocycles. The van der Waals surface area contributed by atoms with Crippen LogP contribution in [0.3, 0.4) is 0 Å². The first kappa shape index (κ1) is 18.8. The van der Waals surface area contributed by atoms with Gasteiger partial charge in [-0.25, -0.2) is 0 Å². The maximum Gasteiger partial charge on any atom is 0.327 e. The summed E-state index contributed by atoms with van der Waals surface area (Å²) < 4.78 is 5.33. The Morgan fingerprint density at radius 2 is 1.74 bits per heavy atom. The van der Waals surface area contributed by atoms with E-state index in [1.54, 1.807) is 13.8 Å². The molecule has 1 rings (SSSR count). The number of hydrogen-bond donors (Lipinski definition) is 3. The number of carbonyl (C=O) groups is 3. The molecule has 0 fully saturated rings. The summed E-state index contributed by atoms with van der Waals surface area (Å²) in [4.78, 5) is 35.3. The predicted molar refractivity (Wildman–Crippen MR) is 87.9 cm³/mol. The lowest BCUT2D eigenvalue weighted by atomic mass is 10.3. The van der Waals surface area contributed by atoms with Crippen LogP contribution in [0.5, 0.6) is 5.75 Å². The van der Waals surface area contributed by atoms with Crippen molar-refractivity contribution in [3.63, 3.8) is 0 Å². The second kappa shape index (κ2) is 9.73. The predicted octanol–water partition coefficient (Wildman–Crippen LogP) is 0.849. The Morgan fingerprint density at radius 1 is 1.09 bits per heavy atom. The standard InChI is InChI=1S/C15H21N3O4S/c1-4-22-11-5-7-12(8-6-11)23-9-13(19)17-18-15(21)14(20)16-10(2)3/h5-8,10H,4,9H2,1-3H3,(H,16,20)(H,17,19)(H,18,21). The summed E-state index contributed by atoms with van der Waals surface area (Å²) in [7, 11) is 0. The van der Waals surface area contributed by atoms with Crippen LogP contribution in [0.1, 0.15) is 20.8 Å². The molecule has 1 aromatic rings. The van der Waals surface area contributed by atoms with Crippen LogP contribution in [-0.2, 0) is 14.4 Å². The first-order chi connectivity index (χ1) is 10.9. The van der Waals surface area contributed by atoms with E-state index in [4.69, 9.17) is 4.74 Å². The fourth-order valence-electron chi connectivity index (χ4n) is 1.49. The second-order valence-corrected chi connectivity index (χ2v) is 5.87. The number of amides is 3. The van der Waals surface area contributed by atoms with Crippen molar-refractivity contribution in [3.8, 4) is 5.75 Å². The van der Waals surface area contributed by atoms with Gasteiger partial charge in [0.05, 0.1) is 12.4 Å². The zero-order valence-corrected chi connectivity index (χ0v) is 14.2. The molecular weight excluding hydrogens is 318 g/mol. The third-order valence-corrected chi connectivity index (χ3v) is 3.46. The van der Waals surface area contributed by atoms with Crippen molar-refractivity contribution in [3.05, 3.63) is 24.3 Å². The Hall–Kier alpha value is -2.22. The van der Waals surface area contributed by atoms with Crippen molar-refractivity contribution in [2.45, 2.75) is 31.7 Å². The highest BCUT2D eigenvalue weighted by Crippen LogP contribution is 2.21. The minimum atomic E-state index is -0.905. The SMILES string of the molecule is CCOc1ccc(SCC(=O)NNC(=O)C(=O)NC(C)C)cc1. The van der Waals surface area contributed by atoms with Gasteiger partial charge in [0, 0.05) is 10.9 Å². The summed E-state index contributed by atoms with van der Waals surface area (Å²) in [6, 6.07) is 7.18. The molecule has 0 aliphatic heterocycles. The van der Waals surface area contributed by atoms with Crippen LogP contribution in [0.2, 0.25) is 0 Å². The average Bonchev–Trinajstić information content (AvgIpc) is 2.51. The average molecular weight is 339 g/mol. The van der Waals surface area contributed by atoms with Gasteiger partial charge in [-0.3, -0.25) is 25.2 Å². The number of hydrogen-bond acceptors (Lipinski definition) is 5. The van der Waals surface area contributed by atoms with Gasteiger partial charge in [-0.2, -0.15) is 0 Å². The summed E-state index contributed by atoms with van der Waals surface area (Å²) in [6.45, 7) is 5.97. The van der Waals surface area contributed by atoms with Gasteiger partial charge in [0.25, 0.3) is 0 Å². The Kier molecular flexibility index (Phi) is 7.96. The van der Waals surface area contributed by atoms with E-state index in [9.17, 15) is 14.4 Å². The Morgan fingerprint density at radius 3 is 2.30 bits per heavy atom. The molecule has 23 heavy (non-hydrogen) atoms. The summed E-state index contributed by atoms with van der Waals surface area (Å²) in [5, 5.41) is 2.42. The molecule has 126 valence electrons. The highest BCUT2D eigenvalue weighted by Gasteiger charge is 2.14. The van der Waals surface area contributed by atoms with Gasteiger partial charge in [0.2, 0.25) is 5.91 Å². The van der Waals surface area contributed by atoms with E-state index in [0.29, 0.717) is 6.61 Å². The van der Waals surface area contributed by atoms with Gasteiger partial charge in [0.1, 0.15) is 5.75 Å². The largest absolute Gasteiger partial charge is 0.494 e. The van der Waals surface area contributed by atoms with Crippen LogP contribution in [0.4, 0.5) is 0 Å². The monoisotopic (exact) mass is 339 g/mol. The van der Waals surface area contributed by atoms with Crippen LogP contribution in [0.25, 0.3) is 0 Å². The number of hydrazine groups is 1. The van der Waals surface area contributed by atoms with Gasteiger partial charge in [-0.15, -0.1) is 11.8 Å². The highest BCUT2D eigenvalue weighted by atomic mass is 32.2. The summed E-state index contributed by atoms with van der Waals surface area (Å²) >= 11 is 1.31. The lowest BCUT2D eigenvalue weighted by Crippen LogP contribution is -2.50. The quantitative estimate of drug-likeness (QED) is 0.406. The first-order valence-electron chi connectivity index (χ1n) is 7.17. The molecule has 8 heteroatoms. The number of ether oxygens (including phenoxy) is 1. The molecule has 0 aliphatic rings. The molecule has 0 saturated heterocycles. The van der Waals surface area contributed by atoms with E-state index >= 15 is 0 Å². The fraction of sp³-hybridized carbons (Fsp3) is 0.400. The van der Waals surface area contributed by atoms with E-state index in [0.717, 1.165) is 10.6 Å². The summed E-state index contributed by atoms with van der Waals surface area (Å²) in [5.41, 5.74) is 4.26. The van der Waals surface area contributed by atoms with E-state index in [1.807, 2.05) is 31.2 Å². The lowest BCUT2D eigenvalue weighted by molar-refractivity contribution is -0.141. The zero-order chi connectivity index (χ0) is 17.2. The molecule has 0 radical (unpaired) electrons. The molecule has 0 aliphatic carbocycles. The Labute approximate surface area is 139 Å². The van der Waals surface area contributed by atoms with E-state index < -0.39 is 17.7 Å². The Bertz CT molecular complexity index is 546. The van der Waals surface area contributed by atoms with Crippen molar-refractivity contribution in [2.24, 2.45) is 0 Å². The fourth-order valence-corrected chi connectivity index (χ4v) is 2.19. The summed E-state index contributed by atoms with van der Waals surface area (Å²) in [6.07, 6.45) is 0. The second-order valence-electron chi connectivity index (χ2n) is 4.82. The maximum atomic E-state index is 11.6. The number of rotatable bonds is 6. The Balaban J connectivity index is 2.31. The smallest absolute Gasteiger partial charge is 0.327 e. The van der Waals surface area contributed by atoms with Crippen LogP contribution < -0.4 is 20.9 Å². The molecule has 0 unspecified atom stereocenters. The van der Waals surface area contributed by atoms with Gasteiger partial charge in [0.15, 0.2) is 0 Å². The first-order valence-corrected chi connectivity index (χ1v) is 8.16. The van der Waals surface area contributed by atoms with E-state index in [2.05, 4.69) is 16.2 Å². The lowest BCUT2D eigenvalue weighted by Gasteiger charge is -2.09. The molecule has 3 amide bonds. The number of thioether (sulfide) groups is 1. The van der Waals surface area contributed by atoms with Crippen LogP contribution >= 0.6 is 11.8 Å². The molecule has 0 spiro atoms. The molecule has 7 nitrogen and oxygen atoms in total. The normalized spacial score (nSPS) is 10.1. The van der Waals surface area contributed by atoms with Crippen molar-refractivity contribution in [1.29, 1.82) is 0 Å². The van der Waals surface area contributed by atoms with Gasteiger partial charge < -0.3 is 10.1 Å². The van der Waals surface area contributed by atoms with E-state index in [1.165, 1.54) is 11.8 Å². The number of carbonyl (C=O) groups excluding carboxylic acids is 3. The highest BCUT2D eigenvalue weighted by molar-refractivity contribution is 8.00. The van der Waals surface area contributed by atoms with Crippen LogP contribution in [0, 0.1) is 0 Å². The van der Waals surface area contributed by atoms with Crippen molar-refractivity contribution in [1.82, 2.24) is 16.2 Å². The van der Waals surface area contributed by atoms with Crippen LogP contribution in [-0.4, -0.2) is 36.1 Å². The number of benzene rings is 1. The molecule has 0 atom stereocenters. The van der Waals surface area contributed by atoms with Gasteiger partial charge in [-0.05, 0) is 45.0 Å². The molecule has 0 aromatic heterocycles. The minimum absolute atomic E-state index is 0.111. The minimum Gasteiger partial charge on any atom is -0.494 e. The molecule has 3 N–H and O–H groups in total. The molecule has 0 heterocycles. The topological polar surface area (TPSA) is 96.5 Å². The van der Waals surface area contributed by atoms with Crippen LogP contribution in [0.15, 0.2) is 29.2 Å². The molecule has 0 bridgehead atoms.